The molecule has 0 aliphatic rings. The molecule has 13 heavy (non-hydrogen) atoms. The molecule has 2 unspecified atom stereocenters. The van der Waals surface area contributed by atoms with E-state index in [0.717, 1.165) is 6.42 Å². The van der Waals surface area contributed by atoms with Crippen LogP contribution < -0.4 is 5.73 Å². The quantitative estimate of drug-likeness (QED) is 0.620. The van der Waals surface area contributed by atoms with Crippen molar-refractivity contribution < 1.29 is 14.3 Å². The van der Waals surface area contributed by atoms with Gasteiger partial charge < -0.3 is 15.2 Å². The zero-order chi connectivity index (χ0) is 10.3. The molecule has 0 fully saturated rings. The lowest BCUT2D eigenvalue weighted by Gasteiger charge is -2.22. The van der Waals surface area contributed by atoms with Crippen LogP contribution in [0.25, 0.3) is 0 Å². The average Bonchev–Trinajstić information content (AvgIpc) is 2.17. The van der Waals surface area contributed by atoms with Gasteiger partial charge in [-0.2, -0.15) is 0 Å². The molecule has 4 nitrogen and oxygen atoms in total. The molecule has 0 aromatic heterocycles. The summed E-state index contributed by atoms with van der Waals surface area (Å²) in [4.78, 5) is 11.0. The van der Waals surface area contributed by atoms with Crippen molar-refractivity contribution in [2.45, 2.75) is 25.9 Å². The molecular formula is C9H19NO3. The number of ether oxygens (including phenoxy) is 2. The summed E-state index contributed by atoms with van der Waals surface area (Å²) in [6, 6.07) is 0. The summed E-state index contributed by atoms with van der Waals surface area (Å²) < 4.78 is 9.78. The van der Waals surface area contributed by atoms with Gasteiger partial charge in [0.25, 0.3) is 0 Å². The number of carbonyl (C=O) groups excluding carboxylic acids is 1. The van der Waals surface area contributed by atoms with Gasteiger partial charge in [-0.3, -0.25) is 4.79 Å². The molecule has 0 saturated heterocycles. The Morgan fingerprint density at radius 3 is 2.38 bits per heavy atom. The van der Waals surface area contributed by atoms with Crippen LogP contribution in [0.1, 0.15) is 19.8 Å². The van der Waals surface area contributed by atoms with Crippen molar-refractivity contribution in [1.82, 2.24) is 0 Å². The van der Waals surface area contributed by atoms with Crippen LogP contribution in [-0.2, 0) is 14.3 Å². The molecule has 0 amide bonds. The van der Waals surface area contributed by atoms with Crippen LogP contribution in [0, 0.1) is 5.92 Å². The Balaban J connectivity index is 4.06. The van der Waals surface area contributed by atoms with Gasteiger partial charge in [0, 0.05) is 13.0 Å². The van der Waals surface area contributed by atoms with E-state index in [9.17, 15) is 4.79 Å². The third-order valence-corrected chi connectivity index (χ3v) is 2.19. The van der Waals surface area contributed by atoms with Crippen molar-refractivity contribution in [3.05, 3.63) is 0 Å². The van der Waals surface area contributed by atoms with Crippen molar-refractivity contribution in [2.24, 2.45) is 11.7 Å². The summed E-state index contributed by atoms with van der Waals surface area (Å²) in [5.74, 6) is -0.173. The van der Waals surface area contributed by atoms with E-state index in [-0.39, 0.29) is 18.0 Å². The van der Waals surface area contributed by atoms with Gasteiger partial charge in [-0.25, -0.2) is 0 Å². The lowest BCUT2D eigenvalue weighted by atomic mass is 9.97. The fourth-order valence-electron chi connectivity index (χ4n) is 1.36. The van der Waals surface area contributed by atoms with E-state index < -0.39 is 0 Å². The maximum Gasteiger partial charge on any atom is 0.305 e. The van der Waals surface area contributed by atoms with Gasteiger partial charge in [-0.15, -0.1) is 0 Å². The van der Waals surface area contributed by atoms with Crippen LogP contribution in [0.15, 0.2) is 0 Å². The largest absolute Gasteiger partial charge is 0.469 e. The van der Waals surface area contributed by atoms with E-state index in [1.807, 2.05) is 6.92 Å². The predicted octanol–water partition coefficient (Wildman–Crippen LogP) is 0.549. The molecule has 0 aliphatic heterocycles. The number of carbonyl (C=O) groups is 1. The first-order valence-electron chi connectivity index (χ1n) is 4.49. The molecule has 0 bridgehead atoms. The summed E-state index contributed by atoms with van der Waals surface area (Å²) in [5, 5.41) is 0. The number of hydrogen-bond donors (Lipinski definition) is 1. The minimum absolute atomic E-state index is 0.0455. The first kappa shape index (κ1) is 12.4. The number of rotatable bonds is 6. The van der Waals surface area contributed by atoms with Crippen LogP contribution in [-0.4, -0.2) is 32.8 Å². The third-order valence-electron chi connectivity index (χ3n) is 2.19. The van der Waals surface area contributed by atoms with Crippen molar-refractivity contribution >= 4 is 5.97 Å². The standard InChI is InChI=1S/C9H19NO3/c1-4-8(12-2)7(6-10)5-9(11)13-3/h7-8H,4-6,10H2,1-3H3. The van der Waals surface area contributed by atoms with E-state index in [1.54, 1.807) is 7.11 Å². The lowest BCUT2D eigenvalue weighted by molar-refractivity contribution is -0.142. The molecule has 78 valence electrons. The molecule has 0 aromatic carbocycles. The van der Waals surface area contributed by atoms with E-state index in [4.69, 9.17) is 10.5 Å². The van der Waals surface area contributed by atoms with Crippen molar-refractivity contribution in [2.75, 3.05) is 20.8 Å². The van der Waals surface area contributed by atoms with Crippen LogP contribution in [0.5, 0.6) is 0 Å². The van der Waals surface area contributed by atoms with Crippen LogP contribution in [0.3, 0.4) is 0 Å². The van der Waals surface area contributed by atoms with Crippen LogP contribution in [0.4, 0.5) is 0 Å². The molecule has 0 heterocycles. The maximum absolute atomic E-state index is 11.0. The minimum Gasteiger partial charge on any atom is -0.469 e. The zero-order valence-corrected chi connectivity index (χ0v) is 8.58. The zero-order valence-electron chi connectivity index (χ0n) is 8.58. The second kappa shape index (κ2) is 6.86. The number of hydrogen-bond acceptors (Lipinski definition) is 4. The van der Waals surface area contributed by atoms with E-state index in [2.05, 4.69) is 4.74 Å². The Morgan fingerprint density at radius 1 is 1.46 bits per heavy atom. The first-order chi connectivity index (χ1) is 6.19. The van der Waals surface area contributed by atoms with Gasteiger partial charge in [0.05, 0.1) is 19.6 Å². The van der Waals surface area contributed by atoms with Crippen LogP contribution >= 0.6 is 0 Å². The molecule has 0 spiro atoms. The second-order valence-electron chi connectivity index (χ2n) is 2.96. The molecule has 2 N–H and O–H groups in total. The fourth-order valence-corrected chi connectivity index (χ4v) is 1.36. The highest BCUT2D eigenvalue weighted by Crippen LogP contribution is 2.14. The van der Waals surface area contributed by atoms with Gasteiger partial charge in [-0.1, -0.05) is 6.92 Å². The predicted molar refractivity (Wildman–Crippen MR) is 50.3 cm³/mol. The van der Waals surface area contributed by atoms with Gasteiger partial charge in [0.1, 0.15) is 0 Å². The first-order valence-corrected chi connectivity index (χ1v) is 4.49. The Morgan fingerprint density at radius 2 is 2.08 bits per heavy atom. The van der Waals surface area contributed by atoms with Crippen molar-refractivity contribution in [1.29, 1.82) is 0 Å². The monoisotopic (exact) mass is 189 g/mol. The van der Waals surface area contributed by atoms with Gasteiger partial charge in [0.2, 0.25) is 0 Å². The molecule has 0 saturated carbocycles. The smallest absolute Gasteiger partial charge is 0.305 e. The molecule has 0 aromatic rings. The normalized spacial score (nSPS) is 15.1. The third kappa shape index (κ3) is 4.24. The fraction of sp³-hybridized carbons (Fsp3) is 0.889. The van der Waals surface area contributed by atoms with Gasteiger partial charge in [-0.05, 0) is 13.0 Å². The van der Waals surface area contributed by atoms with E-state index in [0.29, 0.717) is 13.0 Å². The molecule has 2 atom stereocenters. The van der Waals surface area contributed by atoms with Gasteiger partial charge in [0.15, 0.2) is 0 Å². The number of methoxy groups -OCH3 is 2. The maximum atomic E-state index is 11.0. The van der Waals surface area contributed by atoms with Crippen molar-refractivity contribution in [3.63, 3.8) is 0 Å². The summed E-state index contributed by atoms with van der Waals surface area (Å²) in [6.45, 7) is 2.45. The highest BCUT2D eigenvalue weighted by Gasteiger charge is 2.21. The average molecular weight is 189 g/mol. The molecule has 0 radical (unpaired) electrons. The molecule has 4 heteroatoms. The van der Waals surface area contributed by atoms with E-state index >= 15 is 0 Å². The highest BCUT2D eigenvalue weighted by molar-refractivity contribution is 5.69. The molecule has 0 rings (SSSR count). The Hall–Kier alpha value is -0.610. The minimum atomic E-state index is -0.231. The topological polar surface area (TPSA) is 61.5 Å². The van der Waals surface area contributed by atoms with Crippen molar-refractivity contribution in [3.8, 4) is 0 Å². The summed E-state index contributed by atoms with van der Waals surface area (Å²) >= 11 is 0. The van der Waals surface area contributed by atoms with E-state index in [1.165, 1.54) is 7.11 Å². The lowest BCUT2D eigenvalue weighted by Crippen LogP contribution is -2.31. The Bertz CT molecular complexity index is 146. The highest BCUT2D eigenvalue weighted by atomic mass is 16.5. The number of esters is 1. The molecular weight excluding hydrogens is 170 g/mol. The second-order valence-corrected chi connectivity index (χ2v) is 2.96. The Labute approximate surface area is 79.4 Å². The SMILES string of the molecule is CCC(OC)C(CN)CC(=O)OC. The summed E-state index contributed by atoms with van der Waals surface area (Å²) in [6.07, 6.45) is 1.23. The van der Waals surface area contributed by atoms with Crippen LogP contribution in [0.2, 0.25) is 0 Å². The summed E-state index contributed by atoms with van der Waals surface area (Å²) in [5.41, 5.74) is 5.54. The Kier molecular flexibility index (Phi) is 6.54. The molecule has 0 aliphatic carbocycles. The van der Waals surface area contributed by atoms with Gasteiger partial charge >= 0.3 is 5.97 Å². The summed E-state index contributed by atoms with van der Waals surface area (Å²) in [7, 11) is 3.01. The number of nitrogens with two attached hydrogens (primary N) is 1.